The van der Waals surface area contributed by atoms with Gasteiger partial charge in [-0.1, -0.05) is 50.2 Å². The van der Waals surface area contributed by atoms with Gasteiger partial charge in [0.2, 0.25) is 5.91 Å². The number of aromatic hydroxyl groups is 1. The highest BCUT2D eigenvalue weighted by atomic mass is 32.1. The number of carbonyl (C=O) groups is 3. The van der Waals surface area contributed by atoms with Crippen molar-refractivity contribution >= 4 is 36.2 Å². The van der Waals surface area contributed by atoms with Crippen LogP contribution in [-0.4, -0.2) is 51.4 Å². The molecule has 2 rings (SSSR count). The van der Waals surface area contributed by atoms with Gasteiger partial charge < -0.3 is 25.4 Å². The molecule has 0 aromatic heterocycles. The molecule has 0 saturated heterocycles. The van der Waals surface area contributed by atoms with E-state index < -0.39 is 41.6 Å². The van der Waals surface area contributed by atoms with Gasteiger partial charge in [-0.3, -0.25) is 9.59 Å². The molecule has 0 fully saturated rings. The summed E-state index contributed by atoms with van der Waals surface area (Å²) in [5, 5.41) is 16.7. The number of hydrogen-bond donors (Lipinski definition) is 4. The number of para-hydroxylation sites is 2. The Kier molecular flexibility index (Phi) is 11.9. The van der Waals surface area contributed by atoms with E-state index in [1.807, 2.05) is 32.0 Å². The van der Waals surface area contributed by atoms with E-state index in [4.69, 9.17) is 4.74 Å². The number of carbonyl (C=O) groups excluding carboxylic acids is 3. The van der Waals surface area contributed by atoms with Crippen LogP contribution >= 0.6 is 12.6 Å². The number of nitrogens with zero attached hydrogens (tertiary/aromatic N) is 1. The molecule has 0 aliphatic carbocycles. The zero-order chi connectivity index (χ0) is 30.2. The lowest BCUT2D eigenvalue weighted by molar-refractivity contribution is -0.143. The van der Waals surface area contributed by atoms with Crippen LogP contribution in [0.5, 0.6) is 5.75 Å². The van der Waals surface area contributed by atoms with Crippen LogP contribution in [0, 0.1) is 19.8 Å². The van der Waals surface area contributed by atoms with Crippen molar-refractivity contribution in [1.29, 1.82) is 0 Å². The molecule has 0 spiro atoms. The quantitative estimate of drug-likeness (QED) is 0.242. The number of amides is 3. The molecule has 8 nitrogen and oxygen atoms in total. The summed E-state index contributed by atoms with van der Waals surface area (Å²) in [4.78, 5) is 42.4. The first-order chi connectivity index (χ1) is 18.7. The third-order valence-corrected chi connectivity index (χ3v) is 6.92. The number of anilines is 1. The van der Waals surface area contributed by atoms with Crippen molar-refractivity contribution < 1.29 is 24.2 Å². The minimum Gasteiger partial charge on any atom is -0.507 e. The predicted octanol–water partition coefficient (Wildman–Crippen LogP) is 6.17. The molecule has 3 N–H and O–H groups in total. The molecule has 40 heavy (non-hydrogen) atoms. The summed E-state index contributed by atoms with van der Waals surface area (Å²) in [5.74, 6) is -0.689. The van der Waals surface area contributed by atoms with Crippen molar-refractivity contribution in [3.05, 3.63) is 59.2 Å². The van der Waals surface area contributed by atoms with Crippen LogP contribution in [0.3, 0.4) is 0 Å². The Balaban J connectivity index is 2.64. The van der Waals surface area contributed by atoms with E-state index >= 15 is 0 Å². The number of aryl methyl sites for hydroxylation is 2. The Hall–Kier alpha value is -3.20. The van der Waals surface area contributed by atoms with Crippen molar-refractivity contribution in [3.63, 3.8) is 0 Å². The van der Waals surface area contributed by atoms with E-state index in [9.17, 15) is 19.5 Å². The van der Waals surface area contributed by atoms with Gasteiger partial charge in [-0.25, -0.2) is 4.79 Å². The highest BCUT2D eigenvalue weighted by Crippen LogP contribution is 2.35. The highest BCUT2D eigenvalue weighted by Gasteiger charge is 2.40. The standard InChI is InChI=1S/C31H45N3O5S/c1-19(2)16-17-22(5)34(29(37)25(18-40)33-30(38)39-31(6,7)8)26(23-14-11-13-21(4)27(23)35)28(36)32-24-15-10-9-12-20(24)3/h9-15,19,22,25-26,35,40H,16-18H2,1-8H3,(H,32,36)(H,33,38). The number of rotatable bonds is 11. The summed E-state index contributed by atoms with van der Waals surface area (Å²) in [6, 6.07) is 9.83. The minimum atomic E-state index is -1.18. The van der Waals surface area contributed by atoms with Crippen LogP contribution in [-0.2, 0) is 14.3 Å². The summed E-state index contributed by atoms with van der Waals surface area (Å²) in [7, 11) is 0. The van der Waals surface area contributed by atoms with Crippen molar-refractivity contribution in [1.82, 2.24) is 10.2 Å². The van der Waals surface area contributed by atoms with E-state index in [1.165, 1.54) is 4.90 Å². The molecule has 0 bridgehead atoms. The van der Waals surface area contributed by atoms with Crippen molar-refractivity contribution in [3.8, 4) is 5.75 Å². The summed E-state index contributed by atoms with van der Waals surface area (Å²) in [5.41, 5.74) is 1.57. The third-order valence-electron chi connectivity index (χ3n) is 6.56. The molecule has 0 aliphatic heterocycles. The Bertz CT molecular complexity index is 1180. The monoisotopic (exact) mass is 571 g/mol. The Morgan fingerprint density at radius 2 is 1.60 bits per heavy atom. The van der Waals surface area contributed by atoms with Gasteiger partial charge in [0.05, 0.1) is 0 Å². The van der Waals surface area contributed by atoms with Gasteiger partial charge in [0.25, 0.3) is 5.91 Å². The maximum absolute atomic E-state index is 14.2. The Morgan fingerprint density at radius 1 is 0.975 bits per heavy atom. The van der Waals surface area contributed by atoms with Crippen LogP contribution in [0.1, 0.15) is 77.1 Å². The molecular formula is C31H45N3O5S. The first-order valence-corrected chi connectivity index (χ1v) is 14.4. The molecule has 9 heteroatoms. The fourth-order valence-electron chi connectivity index (χ4n) is 4.36. The van der Waals surface area contributed by atoms with Gasteiger partial charge in [0.15, 0.2) is 0 Å². The number of alkyl carbamates (subject to hydrolysis) is 1. The van der Waals surface area contributed by atoms with Crippen molar-refractivity contribution in [2.75, 3.05) is 11.1 Å². The largest absolute Gasteiger partial charge is 0.507 e. The van der Waals surface area contributed by atoms with Crippen molar-refractivity contribution in [2.24, 2.45) is 5.92 Å². The SMILES string of the molecule is Cc1ccccc1NC(=O)C(c1cccc(C)c1O)N(C(=O)C(CS)NC(=O)OC(C)(C)C)C(C)CCC(C)C. The van der Waals surface area contributed by atoms with Gasteiger partial charge in [0, 0.05) is 23.0 Å². The van der Waals surface area contributed by atoms with E-state index in [-0.39, 0.29) is 11.5 Å². The molecule has 2 aromatic carbocycles. The lowest BCUT2D eigenvalue weighted by Crippen LogP contribution is -2.55. The number of benzene rings is 2. The molecule has 3 amide bonds. The van der Waals surface area contributed by atoms with E-state index in [0.717, 1.165) is 12.0 Å². The fraction of sp³-hybridized carbons (Fsp3) is 0.516. The predicted molar refractivity (Wildman–Crippen MR) is 163 cm³/mol. The fourth-order valence-corrected chi connectivity index (χ4v) is 4.61. The normalized spacial score (nSPS) is 13.8. The average molecular weight is 572 g/mol. The summed E-state index contributed by atoms with van der Waals surface area (Å²) >= 11 is 4.36. The van der Waals surface area contributed by atoms with E-state index in [1.54, 1.807) is 52.0 Å². The molecule has 0 radical (unpaired) electrons. The van der Waals surface area contributed by atoms with Gasteiger partial charge in [0.1, 0.15) is 23.4 Å². The van der Waals surface area contributed by atoms with Crippen LogP contribution < -0.4 is 10.6 Å². The third kappa shape index (κ3) is 9.18. The topological polar surface area (TPSA) is 108 Å². The maximum Gasteiger partial charge on any atom is 0.408 e. The molecule has 0 saturated carbocycles. The number of phenolic OH excluding ortho intramolecular Hbond substituents is 1. The van der Waals surface area contributed by atoms with E-state index in [2.05, 4.69) is 37.1 Å². The van der Waals surface area contributed by atoms with Gasteiger partial charge >= 0.3 is 6.09 Å². The summed E-state index contributed by atoms with van der Waals surface area (Å²) in [6.45, 7) is 14.9. The smallest absolute Gasteiger partial charge is 0.408 e. The van der Waals surface area contributed by atoms with Gasteiger partial charge in [-0.05, 0) is 77.5 Å². The lowest BCUT2D eigenvalue weighted by atomic mass is 9.95. The first kappa shape index (κ1) is 33.0. The second-order valence-corrected chi connectivity index (χ2v) is 12.0. The van der Waals surface area contributed by atoms with Gasteiger partial charge in [-0.2, -0.15) is 12.6 Å². The number of thiol groups is 1. The van der Waals surface area contributed by atoms with Crippen molar-refractivity contribution in [2.45, 2.75) is 92.0 Å². The molecule has 0 heterocycles. The first-order valence-electron chi connectivity index (χ1n) is 13.7. The van der Waals surface area contributed by atoms with Gasteiger partial charge in [-0.15, -0.1) is 0 Å². The molecule has 3 unspecified atom stereocenters. The Morgan fingerprint density at radius 3 is 2.17 bits per heavy atom. The summed E-state index contributed by atoms with van der Waals surface area (Å²) in [6.07, 6.45) is 0.659. The zero-order valence-corrected chi connectivity index (χ0v) is 25.8. The number of hydrogen-bond acceptors (Lipinski definition) is 6. The number of nitrogens with one attached hydrogen (secondary N) is 2. The average Bonchev–Trinajstić information content (AvgIpc) is 2.86. The zero-order valence-electron chi connectivity index (χ0n) is 24.9. The molecule has 0 aliphatic rings. The Labute approximate surface area is 244 Å². The number of ether oxygens (including phenoxy) is 1. The second-order valence-electron chi connectivity index (χ2n) is 11.7. The van der Waals surface area contributed by atoms with Crippen LogP contribution in [0.25, 0.3) is 0 Å². The van der Waals surface area contributed by atoms with Crippen LogP contribution in [0.15, 0.2) is 42.5 Å². The van der Waals surface area contributed by atoms with Crippen LogP contribution in [0.4, 0.5) is 10.5 Å². The lowest BCUT2D eigenvalue weighted by Gasteiger charge is -2.39. The minimum absolute atomic E-state index is 0.0165. The molecule has 2 aromatic rings. The molecule has 220 valence electrons. The molecule has 3 atom stereocenters. The van der Waals surface area contributed by atoms with E-state index in [0.29, 0.717) is 29.2 Å². The highest BCUT2D eigenvalue weighted by molar-refractivity contribution is 7.80. The van der Waals surface area contributed by atoms with Crippen LogP contribution in [0.2, 0.25) is 0 Å². The molecular weight excluding hydrogens is 526 g/mol. The number of phenols is 1. The second kappa shape index (κ2) is 14.4. The maximum atomic E-state index is 14.2. The summed E-state index contributed by atoms with van der Waals surface area (Å²) < 4.78 is 5.38.